The summed E-state index contributed by atoms with van der Waals surface area (Å²) in [5.74, 6) is 0. The van der Waals surface area contributed by atoms with Crippen molar-refractivity contribution < 1.29 is 0 Å². The summed E-state index contributed by atoms with van der Waals surface area (Å²) in [6, 6.07) is 8.01. The molecule has 0 radical (unpaired) electrons. The molecule has 0 nitrogen and oxygen atoms in total. The first-order chi connectivity index (χ1) is 5.24. The van der Waals surface area contributed by atoms with E-state index in [1.165, 1.54) is 5.56 Å². The van der Waals surface area contributed by atoms with Gasteiger partial charge in [-0.2, -0.15) is 11.8 Å². The quantitative estimate of drug-likeness (QED) is 0.678. The Balaban J connectivity index is 2.86. The van der Waals surface area contributed by atoms with Crippen LogP contribution in [0.3, 0.4) is 0 Å². The Morgan fingerprint density at radius 1 is 1.45 bits per heavy atom. The van der Waals surface area contributed by atoms with Crippen LogP contribution in [0.5, 0.6) is 0 Å². The fourth-order valence-corrected chi connectivity index (χ4v) is 1.51. The van der Waals surface area contributed by atoms with Crippen molar-refractivity contribution >= 4 is 23.4 Å². The van der Waals surface area contributed by atoms with Gasteiger partial charge in [0.05, 0.1) is 0 Å². The highest BCUT2D eigenvalue weighted by molar-refractivity contribution is 7.98. The first kappa shape index (κ1) is 8.95. The molecular weight excluding hydrogens is 176 g/mol. The monoisotopic (exact) mass is 186 g/mol. The molecule has 0 saturated carbocycles. The van der Waals surface area contributed by atoms with Crippen LogP contribution in [-0.2, 0) is 0 Å². The van der Waals surface area contributed by atoms with Gasteiger partial charge in [0.2, 0.25) is 0 Å². The minimum absolute atomic E-state index is 0.536. The minimum Gasteiger partial charge on any atom is -0.157 e. The van der Waals surface area contributed by atoms with Crippen LogP contribution in [0.4, 0.5) is 0 Å². The van der Waals surface area contributed by atoms with E-state index in [0.717, 1.165) is 5.02 Å². The van der Waals surface area contributed by atoms with Gasteiger partial charge in [-0.1, -0.05) is 23.7 Å². The zero-order valence-electron chi connectivity index (χ0n) is 6.67. The number of benzene rings is 1. The lowest BCUT2D eigenvalue weighted by atomic mass is 10.2. The minimum atomic E-state index is 0.536. The van der Waals surface area contributed by atoms with E-state index in [-0.39, 0.29) is 0 Å². The van der Waals surface area contributed by atoms with Crippen LogP contribution in [0.2, 0.25) is 5.02 Å². The first-order valence-electron chi connectivity index (χ1n) is 3.52. The highest BCUT2D eigenvalue weighted by Gasteiger charge is 2.01. The Morgan fingerprint density at radius 2 is 2.18 bits per heavy atom. The summed E-state index contributed by atoms with van der Waals surface area (Å²) in [5.41, 5.74) is 1.30. The molecule has 11 heavy (non-hydrogen) atoms. The van der Waals surface area contributed by atoms with Crippen LogP contribution in [0.15, 0.2) is 24.3 Å². The largest absolute Gasteiger partial charge is 0.157 e. The van der Waals surface area contributed by atoms with E-state index >= 15 is 0 Å². The predicted octanol–water partition coefficient (Wildman–Crippen LogP) is 3.76. The molecule has 0 aliphatic carbocycles. The summed E-state index contributed by atoms with van der Waals surface area (Å²) in [5, 5.41) is 1.36. The molecule has 0 aromatic heterocycles. The van der Waals surface area contributed by atoms with Crippen LogP contribution in [0.25, 0.3) is 0 Å². The zero-order chi connectivity index (χ0) is 8.27. The van der Waals surface area contributed by atoms with E-state index in [1.54, 1.807) is 0 Å². The second kappa shape index (κ2) is 4.03. The molecule has 60 valence electrons. The second-order valence-corrected chi connectivity index (χ2v) is 4.05. The third-order valence-corrected chi connectivity index (χ3v) is 2.89. The molecule has 1 aromatic carbocycles. The van der Waals surface area contributed by atoms with Gasteiger partial charge >= 0.3 is 0 Å². The highest BCUT2D eigenvalue weighted by atomic mass is 35.5. The number of halogens is 1. The lowest BCUT2D eigenvalue weighted by Gasteiger charge is -2.07. The molecule has 1 unspecified atom stereocenters. The Labute approximate surface area is 77.0 Å². The number of hydrogen-bond donors (Lipinski definition) is 0. The van der Waals surface area contributed by atoms with Crippen LogP contribution in [0, 0.1) is 0 Å². The molecule has 0 amide bonds. The van der Waals surface area contributed by atoms with Gasteiger partial charge in [0.1, 0.15) is 0 Å². The average molecular weight is 187 g/mol. The van der Waals surface area contributed by atoms with E-state index in [4.69, 9.17) is 11.6 Å². The summed E-state index contributed by atoms with van der Waals surface area (Å²) in [4.78, 5) is 0. The maximum absolute atomic E-state index is 5.84. The van der Waals surface area contributed by atoms with Crippen LogP contribution in [-0.4, -0.2) is 6.26 Å². The standard InChI is InChI=1S/C9H11ClS/c1-7(11-2)8-4-3-5-9(10)6-8/h3-7H,1-2H3. The third-order valence-electron chi connectivity index (χ3n) is 1.67. The SMILES string of the molecule is CSC(C)c1cccc(Cl)c1. The van der Waals surface area contributed by atoms with Crippen molar-refractivity contribution in [3.8, 4) is 0 Å². The Bertz CT molecular complexity index is 235. The van der Waals surface area contributed by atoms with E-state index in [9.17, 15) is 0 Å². The number of hydrogen-bond acceptors (Lipinski definition) is 1. The molecule has 0 saturated heterocycles. The average Bonchev–Trinajstić information content (AvgIpc) is 2.03. The molecule has 1 rings (SSSR count). The Kier molecular flexibility index (Phi) is 3.28. The van der Waals surface area contributed by atoms with Crippen molar-refractivity contribution in [1.82, 2.24) is 0 Å². The summed E-state index contributed by atoms with van der Waals surface area (Å²) >= 11 is 7.66. The van der Waals surface area contributed by atoms with Crippen molar-refractivity contribution in [2.45, 2.75) is 12.2 Å². The van der Waals surface area contributed by atoms with Gasteiger partial charge in [0.15, 0.2) is 0 Å². The summed E-state index contributed by atoms with van der Waals surface area (Å²) in [6.07, 6.45) is 2.10. The van der Waals surface area contributed by atoms with Crippen molar-refractivity contribution in [1.29, 1.82) is 0 Å². The normalized spacial score (nSPS) is 13.0. The lowest BCUT2D eigenvalue weighted by Crippen LogP contribution is -1.85. The van der Waals surface area contributed by atoms with Crippen LogP contribution < -0.4 is 0 Å². The molecule has 0 aliphatic heterocycles. The highest BCUT2D eigenvalue weighted by Crippen LogP contribution is 2.26. The van der Waals surface area contributed by atoms with E-state index in [1.807, 2.05) is 30.0 Å². The smallest absolute Gasteiger partial charge is 0.0409 e. The molecule has 0 fully saturated rings. The molecule has 0 aliphatic rings. The molecule has 2 heteroatoms. The fraction of sp³-hybridized carbons (Fsp3) is 0.333. The molecule has 0 heterocycles. The van der Waals surface area contributed by atoms with Crippen molar-refractivity contribution in [2.75, 3.05) is 6.26 Å². The maximum atomic E-state index is 5.84. The number of rotatable bonds is 2. The van der Waals surface area contributed by atoms with Gasteiger partial charge in [-0.3, -0.25) is 0 Å². The van der Waals surface area contributed by atoms with E-state index < -0.39 is 0 Å². The van der Waals surface area contributed by atoms with Crippen LogP contribution in [0.1, 0.15) is 17.7 Å². The van der Waals surface area contributed by atoms with Gasteiger partial charge in [-0.05, 0) is 30.9 Å². The van der Waals surface area contributed by atoms with Crippen molar-refractivity contribution in [3.63, 3.8) is 0 Å². The van der Waals surface area contributed by atoms with Crippen molar-refractivity contribution in [3.05, 3.63) is 34.9 Å². The number of thioether (sulfide) groups is 1. The van der Waals surface area contributed by atoms with Gasteiger partial charge in [-0.15, -0.1) is 0 Å². The third kappa shape index (κ3) is 2.42. The Morgan fingerprint density at radius 3 is 2.73 bits per heavy atom. The van der Waals surface area contributed by atoms with E-state index in [0.29, 0.717) is 5.25 Å². The van der Waals surface area contributed by atoms with E-state index in [2.05, 4.69) is 19.2 Å². The maximum Gasteiger partial charge on any atom is 0.0409 e. The first-order valence-corrected chi connectivity index (χ1v) is 5.19. The predicted molar refractivity (Wildman–Crippen MR) is 53.4 cm³/mol. The Hall–Kier alpha value is -0.140. The summed E-state index contributed by atoms with van der Waals surface area (Å²) < 4.78 is 0. The van der Waals surface area contributed by atoms with Crippen molar-refractivity contribution in [2.24, 2.45) is 0 Å². The fourth-order valence-electron chi connectivity index (χ4n) is 0.896. The molecule has 0 spiro atoms. The van der Waals surface area contributed by atoms with Gasteiger partial charge in [-0.25, -0.2) is 0 Å². The lowest BCUT2D eigenvalue weighted by molar-refractivity contribution is 1.10. The second-order valence-electron chi connectivity index (χ2n) is 2.43. The molecular formula is C9H11ClS. The van der Waals surface area contributed by atoms with Gasteiger partial charge in [0.25, 0.3) is 0 Å². The molecule has 0 bridgehead atoms. The van der Waals surface area contributed by atoms with Crippen LogP contribution >= 0.6 is 23.4 Å². The zero-order valence-corrected chi connectivity index (χ0v) is 8.25. The summed E-state index contributed by atoms with van der Waals surface area (Å²) in [7, 11) is 0. The summed E-state index contributed by atoms with van der Waals surface area (Å²) in [6.45, 7) is 2.18. The topological polar surface area (TPSA) is 0 Å². The molecule has 1 atom stereocenters. The van der Waals surface area contributed by atoms with Gasteiger partial charge < -0.3 is 0 Å². The molecule has 0 N–H and O–H groups in total. The molecule has 1 aromatic rings. The van der Waals surface area contributed by atoms with Gasteiger partial charge in [0, 0.05) is 10.3 Å².